The smallest absolute Gasteiger partial charge is 0.136 e. The van der Waals surface area contributed by atoms with Gasteiger partial charge in [-0.05, 0) is 245 Å². The summed E-state index contributed by atoms with van der Waals surface area (Å²) in [5, 5.41) is 0. The first kappa shape index (κ1) is 86.8. The molecule has 0 radical (unpaired) electrons. The van der Waals surface area contributed by atoms with Gasteiger partial charge in [-0.2, -0.15) is 0 Å². The van der Waals surface area contributed by atoms with E-state index in [4.69, 9.17) is 9.98 Å². The first-order valence-electron chi connectivity index (χ1n) is 32.8. The molecule has 0 amide bonds. The van der Waals surface area contributed by atoms with Crippen molar-refractivity contribution in [3.63, 3.8) is 0 Å². The molecule has 2 aliphatic rings. The van der Waals surface area contributed by atoms with Crippen LogP contribution in [0.15, 0.2) is 178 Å². The molecule has 0 N–H and O–H groups in total. The van der Waals surface area contributed by atoms with Gasteiger partial charge in [0.15, 0.2) is 0 Å². The summed E-state index contributed by atoms with van der Waals surface area (Å²) in [7, 11) is 0. The molecule has 508 valence electrons. The minimum atomic E-state index is -0.149. The van der Waals surface area contributed by atoms with E-state index in [9.17, 15) is 0 Å². The SMILES string of the molecule is CC(C)(C)/C=C1/C=CC=CC1=NC(C)(C)C.CC(C)(C)/C=C\C=NC(C)(C)C.CC(C)(C)C=NC=NC(C)(C)C.CC(C)(C)N=C(c1ccccc1)N(c1ccccc1)C(C)(C)C.CC(C)(C)N=C1C=CC=CC1=NC(C)(C)C.CC(C)(C)N=CC=NC(C)(C)C. The fourth-order valence-corrected chi connectivity index (χ4v) is 7.04. The zero-order chi connectivity index (χ0) is 71.4. The molecule has 0 bridgehead atoms. The Hall–Kier alpha value is -6.29. The van der Waals surface area contributed by atoms with Crippen molar-refractivity contribution in [1.82, 2.24) is 0 Å². The van der Waals surface area contributed by atoms with E-state index in [0.717, 1.165) is 34.2 Å². The van der Waals surface area contributed by atoms with Crippen molar-refractivity contribution in [3.05, 3.63) is 139 Å². The molecule has 0 unspecified atom stereocenters. The second-order valence-corrected chi connectivity index (χ2v) is 35.4. The van der Waals surface area contributed by atoms with Gasteiger partial charge in [0.05, 0.1) is 61.4 Å². The Morgan fingerprint density at radius 1 is 0.352 bits per heavy atom. The summed E-state index contributed by atoms with van der Waals surface area (Å²) in [6.45, 7) is 76.4. The van der Waals surface area contributed by atoms with Crippen LogP contribution in [0.4, 0.5) is 5.69 Å². The Bertz CT molecular complexity index is 2580. The van der Waals surface area contributed by atoms with Gasteiger partial charge in [0.25, 0.3) is 0 Å². The Balaban J connectivity index is 0. The molecule has 0 heterocycles. The lowest BCUT2D eigenvalue weighted by Crippen LogP contribution is -2.47. The van der Waals surface area contributed by atoms with Crippen LogP contribution in [0.5, 0.6) is 0 Å². The first-order valence-corrected chi connectivity index (χ1v) is 32.8. The van der Waals surface area contributed by atoms with Crippen LogP contribution in [0.25, 0.3) is 0 Å². The van der Waals surface area contributed by atoms with Crippen LogP contribution in [0, 0.1) is 16.2 Å². The summed E-state index contributed by atoms with van der Waals surface area (Å²) in [5.41, 5.74) is 6.79. The maximum atomic E-state index is 5.06. The monoisotopic (exact) mass is 1250 g/mol. The topological polar surface area (TPSA) is 114 Å². The van der Waals surface area contributed by atoms with Gasteiger partial charge in [0, 0.05) is 41.6 Å². The third kappa shape index (κ3) is 54.0. The molecule has 0 saturated carbocycles. The highest BCUT2D eigenvalue weighted by Gasteiger charge is 2.29. The van der Waals surface area contributed by atoms with Gasteiger partial charge >= 0.3 is 0 Å². The largest absolute Gasteiger partial charge is 0.321 e. The molecule has 2 aromatic carbocycles. The summed E-state index contributed by atoms with van der Waals surface area (Å²) in [6, 6.07) is 20.9. The molecule has 0 fully saturated rings. The third-order valence-corrected chi connectivity index (χ3v) is 10.3. The van der Waals surface area contributed by atoms with Crippen molar-refractivity contribution >= 4 is 59.9 Å². The van der Waals surface area contributed by atoms with Crippen LogP contribution in [0.3, 0.4) is 0 Å². The van der Waals surface area contributed by atoms with E-state index in [-0.39, 0.29) is 66.1 Å². The number of anilines is 1. The van der Waals surface area contributed by atoms with Crippen molar-refractivity contribution in [2.45, 2.75) is 299 Å². The summed E-state index contributed by atoms with van der Waals surface area (Å²) >= 11 is 0. The Kier molecular flexibility index (Phi) is 35.1. The van der Waals surface area contributed by atoms with Gasteiger partial charge in [-0.15, -0.1) is 0 Å². The predicted octanol–water partition coefficient (Wildman–Crippen LogP) is 22.6. The van der Waals surface area contributed by atoms with Crippen molar-refractivity contribution in [2.24, 2.45) is 61.2 Å². The van der Waals surface area contributed by atoms with Crippen LogP contribution in [0.2, 0.25) is 0 Å². The molecule has 0 spiro atoms. The fraction of sp³-hybridized carbons (Fsp3) is 0.593. The van der Waals surface area contributed by atoms with Gasteiger partial charge in [0.1, 0.15) is 12.2 Å². The summed E-state index contributed by atoms with van der Waals surface area (Å²) in [6.07, 6.45) is 31.8. The molecule has 0 atom stereocenters. The zero-order valence-corrected chi connectivity index (χ0v) is 65.0. The van der Waals surface area contributed by atoms with Gasteiger partial charge < -0.3 is 4.90 Å². The number of aliphatic imine (C=N–C) groups is 9. The molecular formula is C81H134N10. The van der Waals surface area contributed by atoms with Crippen LogP contribution < -0.4 is 4.90 Å². The highest BCUT2D eigenvalue weighted by molar-refractivity contribution is 6.51. The number of hydrogen-bond donors (Lipinski definition) is 0. The quantitative estimate of drug-likeness (QED) is 0.166. The minimum absolute atomic E-state index is 0.00387. The Morgan fingerprint density at radius 3 is 1.05 bits per heavy atom. The second kappa shape index (κ2) is 36.8. The second-order valence-electron chi connectivity index (χ2n) is 35.4. The van der Waals surface area contributed by atoms with E-state index in [1.165, 1.54) is 5.57 Å². The number of amidine groups is 1. The molecule has 10 nitrogen and oxygen atoms in total. The van der Waals surface area contributed by atoms with E-state index in [0.29, 0.717) is 0 Å². The zero-order valence-electron chi connectivity index (χ0n) is 65.0. The normalized spacial score (nSPS) is 16.9. The van der Waals surface area contributed by atoms with E-state index < -0.39 is 0 Å². The summed E-state index contributed by atoms with van der Waals surface area (Å²) in [4.78, 5) is 42.8. The van der Waals surface area contributed by atoms with Crippen LogP contribution in [-0.4, -0.2) is 104 Å². The molecular weight excluding hydrogens is 1110 g/mol. The predicted molar refractivity (Wildman–Crippen MR) is 417 cm³/mol. The standard InChI is InChI=1S/C21H28N2.C15H23N.C14H22N2.C11H21N.2C10H20N2/c1-20(2,3)22-19(17-13-9-7-10-14-17)23(21(4,5)6)18-15-11-8-12-16-18;1-14(2,3)11-12-9-7-8-10-13(12)16-15(4,5)6;1-13(2,3)15-11-9-7-8-10-12(11)16-14(4,5)6;1-10(2,3)8-7-9-12-11(4,5)6;1-9(2,3)7-11-8-12-10(4,5)6;1-9(2,3)11-7-8-12-10(4,5)6/h7-16H,1-6H3;7-11H,1-6H3;7-10H,1-6H3;7-9H,1-6H3;2*7-8H,1-6H3/b;12-11-,16-13?;;8-7-,12-9?;;. The van der Waals surface area contributed by atoms with Gasteiger partial charge in [0.2, 0.25) is 0 Å². The third-order valence-electron chi connectivity index (χ3n) is 10.3. The maximum absolute atomic E-state index is 5.06. The van der Waals surface area contributed by atoms with Gasteiger partial charge in [-0.3, -0.25) is 39.9 Å². The van der Waals surface area contributed by atoms with Crippen LogP contribution in [0.1, 0.15) is 255 Å². The molecule has 91 heavy (non-hydrogen) atoms. The average molecular weight is 1250 g/mol. The molecule has 0 aromatic heterocycles. The Morgan fingerprint density at radius 2 is 0.714 bits per heavy atom. The number of hydrogen-bond acceptors (Lipinski definition) is 8. The van der Waals surface area contributed by atoms with Crippen molar-refractivity contribution < 1.29 is 0 Å². The summed E-state index contributed by atoms with van der Waals surface area (Å²) < 4.78 is 0. The first-order chi connectivity index (χ1) is 40.7. The number of allylic oxidation sites excluding steroid dienone is 12. The lowest BCUT2D eigenvalue weighted by molar-refractivity contribution is 0.542. The molecule has 2 aromatic rings. The van der Waals surface area contributed by atoms with E-state index >= 15 is 0 Å². The molecule has 0 saturated heterocycles. The highest BCUT2D eigenvalue weighted by Crippen LogP contribution is 2.29. The number of para-hydroxylation sites is 1. The number of rotatable bonds is 5. The van der Waals surface area contributed by atoms with E-state index in [1.54, 1.807) is 18.8 Å². The lowest BCUT2D eigenvalue weighted by atomic mass is 9.90. The average Bonchev–Trinajstić information content (AvgIpc) is 0.893. The van der Waals surface area contributed by atoms with Crippen LogP contribution in [-0.2, 0) is 0 Å². The summed E-state index contributed by atoms with van der Waals surface area (Å²) in [5.74, 6) is 1.01. The van der Waals surface area contributed by atoms with Crippen molar-refractivity contribution in [3.8, 4) is 0 Å². The van der Waals surface area contributed by atoms with Gasteiger partial charge in [-0.25, -0.2) is 4.99 Å². The van der Waals surface area contributed by atoms with Crippen molar-refractivity contribution in [2.75, 3.05) is 4.90 Å². The molecule has 10 heteroatoms. The van der Waals surface area contributed by atoms with E-state index in [1.807, 2.05) is 61.0 Å². The molecule has 0 aliphatic heterocycles. The van der Waals surface area contributed by atoms with Gasteiger partial charge in [-0.1, -0.05) is 153 Å². The van der Waals surface area contributed by atoms with Crippen molar-refractivity contribution in [1.29, 1.82) is 0 Å². The maximum Gasteiger partial charge on any atom is 0.136 e. The fourth-order valence-electron chi connectivity index (χ4n) is 7.04. The minimum Gasteiger partial charge on any atom is -0.321 e. The number of benzene rings is 2. The molecule has 4 rings (SSSR count). The van der Waals surface area contributed by atoms with Crippen LogP contribution >= 0.6 is 0 Å². The lowest BCUT2D eigenvalue weighted by Gasteiger charge is -2.39. The number of nitrogens with zero attached hydrogens (tertiary/aromatic N) is 10. The highest BCUT2D eigenvalue weighted by atomic mass is 15.3. The molecule has 2 aliphatic carbocycles. The Labute approximate surface area is 560 Å². The van der Waals surface area contributed by atoms with E-state index in [2.05, 4.69) is 368 Å².